The number of benzene rings is 1. The number of rotatable bonds is 3. The quantitative estimate of drug-likeness (QED) is 0.839. The summed E-state index contributed by atoms with van der Waals surface area (Å²) in [6, 6.07) is 5.36. The molecular formula is C16H23ClFN. The monoisotopic (exact) mass is 283 g/mol. The summed E-state index contributed by atoms with van der Waals surface area (Å²) in [6.45, 7) is 4.62. The Hall–Kier alpha value is -0.600. The molecule has 1 aliphatic rings. The molecule has 0 saturated heterocycles. The van der Waals surface area contributed by atoms with Gasteiger partial charge in [0, 0.05) is 11.6 Å². The molecule has 1 aromatic rings. The molecule has 0 amide bonds. The Morgan fingerprint density at radius 3 is 2.63 bits per heavy atom. The lowest BCUT2D eigenvalue weighted by molar-refractivity contribution is 0.173. The van der Waals surface area contributed by atoms with Gasteiger partial charge in [0.1, 0.15) is 5.82 Å². The van der Waals surface area contributed by atoms with Crippen molar-refractivity contribution in [1.29, 1.82) is 0 Å². The highest BCUT2D eigenvalue weighted by Gasteiger charge is 2.31. The molecule has 0 aromatic heterocycles. The maximum absolute atomic E-state index is 14.2. The molecule has 1 fully saturated rings. The van der Waals surface area contributed by atoms with Crippen LogP contribution in [-0.4, -0.2) is 7.05 Å². The maximum atomic E-state index is 14.2. The first-order valence-corrected chi connectivity index (χ1v) is 7.53. The standard InChI is InChI=1S/C16H23ClFN/c1-10-7-8-12(9-11(10)2)16(19-3)13-5-4-6-14(17)15(13)18/h4-6,10-12,16,19H,7-9H2,1-3H3. The zero-order valence-corrected chi connectivity index (χ0v) is 12.7. The lowest BCUT2D eigenvalue weighted by atomic mass is 9.72. The highest BCUT2D eigenvalue weighted by atomic mass is 35.5. The van der Waals surface area contributed by atoms with E-state index in [2.05, 4.69) is 19.2 Å². The number of hydrogen-bond donors (Lipinski definition) is 1. The largest absolute Gasteiger partial charge is 0.313 e. The van der Waals surface area contributed by atoms with E-state index in [1.807, 2.05) is 19.2 Å². The average molecular weight is 284 g/mol. The van der Waals surface area contributed by atoms with Crippen LogP contribution in [0.4, 0.5) is 4.39 Å². The molecule has 0 aliphatic heterocycles. The minimum Gasteiger partial charge on any atom is -0.313 e. The van der Waals surface area contributed by atoms with Crippen LogP contribution >= 0.6 is 11.6 Å². The van der Waals surface area contributed by atoms with Crippen LogP contribution < -0.4 is 5.32 Å². The van der Waals surface area contributed by atoms with Crippen molar-refractivity contribution in [3.63, 3.8) is 0 Å². The van der Waals surface area contributed by atoms with E-state index < -0.39 is 0 Å². The third-order valence-electron chi connectivity index (χ3n) is 4.74. The summed E-state index contributed by atoms with van der Waals surface area (Å²) in [7, 11) is 1.91. The molecule has 0 radical (unpaired) electrons. The molecule has 1 aromatic carbocycles. The Labute approximate surface area is 120 Å². The second-order valence-electron chi connectivity index (χ2n) is 5.94. The van der Waals surface area contributed by atoms with Gasteiger partial charge in [0.05, 0.1) is 5.02 Å². The van der Waals surface area contributed by atoms with Crippen LogP contribution in [0.15, 0.2) is 18.2 Å². The maximum Gasteiger partial charge on any atom is 0.146 e. The summed E-state index contributed by atoms with van der Waals surface area (Å²) in [4.78, 5) is 0. The van der Waals surface area contributed by atoms with Crippen LogP contribution in [0.3, 0.4) is 0 Å². The molecule has 1 aliphatic carbocycles. The fourth-order valence-electron chi connectivity index (χ4n) is 3.30. The summed E-state index contributed by atoms with van der Waals surface area (Å²) in [6.07, 6.45) is 3.54. The average Bonchev–Trinajstić information content (AvgIpc) is 2.39. The number of halogens is 2. The van der Waals surface area contributed by atoms with Crippen LogP contribution in [0.1, 0.15) is 44.7 Å². The lowest BCUT2D eigenvalue weighted by Gasteiger charge is -2.37. The van der Waals surface area contributed by atoms with E-state index >= 15 is 0 Å². The predicted octanol–water partition coefficient (Wildman–Crippen LogP) is 4.81. The number of nitrogens with one attached hydrogen (secondary N) is 1. The summed E-state index contributed by atoms with van der Waals surface area (Å²) in [5.74, 6) is 1.70. The van der Waals surface area contributed by atoms with Gasteiger partial charge in [0.2, 0.25) is 0 Å². The van der Waals surface area contributed by atoms with E-state index in [1.54, 1.807) is 6.07 Å². The van der Waals surface area contributed by atoms with Crippen molar-refractivity contribution >= 4 is 11.6 Å². The van der Waals surface area contributed by atoms with E-state index in [-0.39, 0.29) is 16.9 Å². The van der Waals surface area contributed by atoms with Gasteiger partial charge in [-0.2, -0.15) is 0 Å². The molecule has 4 unspecified atom stereocenters. The summed E-state index contributed by atoms with van der Waals surface area (Å²) >= 11 is 5.90. The van der Waals surface area contributed by atoms with E-state index in [1.165, 1.54) is 6.42 Å². The Morgan fingerprint density at radius 2 is 2.00 bits per heavy atom. The van der Waals surface area contributed by atoms with Crippen molar-refractivity contribution in [3.8, 4) is 0 Å². The zero-order chi connectivity index (χ0) is 14.0. The molecule has 0 spiro atoms. The smallest absolute Gasteiger partial charge is 0.146 e. The Morgan fingerprint density at radius 1 is 1.26 bits per heavy atom. The molecule has 0 heterocycles. The summed E-state index contributed by atoms with van der Waals surface area (Å²) in [5, 5.41) is 3.51. The van der Waals surface area contributed by atoms with Crippen molar-refractivity contribution in [2.24, 2.45) is 17.8 Å². The van der Waals surface area contributed by atoms with Gasteiger partial charge in [-0.05, 0) is 43.7 Å². The van der Waals surface area contributed by atoms with Gasteiger partial charge in [-0.15, -0.1) is 0 Å². The zero-order valence-electron chi connectivity index (χ0n) is 11.9. The van der Waals surface area contributed by atoms with Gasteiger partial charge in [-0.3, -0.25) is 0 Å². The molecule has 4 atom stereocenters. The van der Waals surface area contributed by atoms with Gasteiger partial charge in [-0.1, -0.05) is 44.0 Å². The fraction of sp³-hybridized carbons (Fsp3) is 0.625. The highest BCUT2D eigenvalue weighted by Crippen LogP contribution is 2.40. The SMILES string of the molecule is CNC(c1cccc(Cl)c1F)C1CCC(C)C(C)C1. The second kappa shape index (κ2) is 6.23. The van der Waals surface area contributed by atoms with Gasteiger partial charge in [0.25, 0.3) is 0 Å². The molecule has 1 nitrogen and oxygen atoms in total. The van der Waals surface area contributed by atoms with Crippen molar-refractivity contribution in [2.45, 2.75) is 39.2 Å². The first-order chi connectivity index (χ1) is 9.04. The molecule has 19 heavy (non-hydrogen) atoms. The van der Waals surface area contributed by atoms with Crippen LogP contribution in [-0.2, 0) is 0 Å². The second-order valence-corrected chi connectivity index (χ2v) is 6.34. The van der Waals surface area contributed by atoms with E-state index in [4.69, 9.17) is 11.6 Å². The van der Waals surface area contributed by atoms with Crippen LogP contribution in [0.25, 0.3) is 0 Å². The molecule has 106 valence electrons. The van der Waals surface area contributed by atoms with Crippen LogP contribution in [0, 0.1) is 23.6 Å². The Balaban J connectivity index is 2.22. The van der Waals surface area contributed by atoms with E-state index in [9.17, 15) is 4.39 Å². The minimum atomic E-state index is -0.269. The third-order valence-corrected chi connectivity index (χ3v) is 5.03. The van der Waals surface area contributed by atoms with Crippen LogP contribution in [0.5, 0.6) is 0 Å². The molecular weight excluding hydrogens is 261 g/mol. The summed E-state index contributed by atoms with van der Waals surface area (Å²) < 4.78 is 14.2. The number of hydrogen-bond acceptors (Lipinski definition) is 1. The van der Waals surface area contributed by atoms with Crippen molar-refractivity contribution in [2.75, 3.05) is 7.05 Å². The topological polar surface area (TPSA) is 12.0 Å². The highest BCUT2D eigenvalue weighted by molar-refractivity contribution is 6.30. The van der Waals surface area contributed by atoms with Crippen molar-refractivity contribution < 1.29 is 4.39 Å². The summed E-state index contributed by atoms with van der Waals surface area (Å²) in [5.41, 5.74) is 0.710. The van der Waals surface area contributed by atoms with E-state index in [0.717, 1.165) is 18.8 Å². The van der Waals surface area contributed by atoms with Crippen LogP contribution in [0.2, 0.25) is 5.02 Å². The fourth-order valence-corrected chi connectivity index (χ4v) is 3.48. The normalized spacial score (nSPS) is 29.2. The first kappa shape index (κ1) is 14.8. The van der Waals surface area contributed by atoms with Gasteiger partial charge >= 0.3 is 0 Å². The predicted molar refractivity (Wildman–Crippen MR) is 78.9 cm³/mol. The van der Waals surface area contributed by atoms with Crippen molar-refractivity contribution in [1.82, 2.24) is 5.32 Å². The van der Waals surface area contributed by atoms with Gasteiger partial charge < -0.3 is 5.32 Å². The molecule has 1 N–H and O–H groups in total. The van der Waals surface area contributed by atoms with E-state index in [0.29, 0.717) is 17.4 Å². The molecule has 1 saturated carbocycles. The third kappa shape index (κ3) is 3.11. The molecule has 0 bridgehead atoms. The van der Waals surface area contributed by atoms with Gasteiger partial charge in [-0.25, -0.2) is 4.39 Å². The Bertz CT molecular complexity index is 435. The van der Waals surface area contributed by atoms with Gasteiger partial charge in [0.15, 0.2) is 0 Å². The lowest BCUT2D eigenvalue weighted by Crippen LogP contribution is -2.32. The Kier molecular flexibility index (Phi) is 4.86. The van der Waals surface area contributed by atoms with Crippen molar-refractivity contribution in [3.05, 3.63) is 34.6 Å². The molecule has 3 heteroatoms. The first-order valence-electron chi connectivity index (χ1n) is 7.15. The minimum absolute atomic E-state index is 0.0636. The molecule has 2 rings (SSSR count).